The van der Waals surface area contributed by atoms with E-state index in [1.165, 1.54) is 12.1 Å². The van der Waals surface area contributed by atoms with Crippen LogP contribution in [-0.4, -0.2) is 6.54 Å². The van der Waals surface area contributed by atoms with Gasteiger partial charge in [-0.25, -0.2) is 4.39 Å². The van der Waals surface area contributed by atoms with Gasteiger partial charge in [0.2, 0.25) is 0 Å². The molecule has 0 atom stereocenters. The van der Waals surface area contributed by atoms with Crippen molar-refractivity contribution in [3.05, 3.63) is 48.0 Å². The van der Waals surface area contributed by atoms with Gasteiger partial charge in [-0.15, -0.1) is 0 Å². The third kappa shape index (κ3) is 2.49. The molecule has 1 heterocycles. The summed E-state index contributed by atoms with van der Waals surface area (Å²) in [5, 5.41) is 3.17. The molecule has 16 heavy (non-hydrogen) atoms. The first-order valence-electron chi connectivity index (χ1n) is 5.35. The van der Waals surface area contributed by atoms with E-state index in [-0.39, 0.29) is 5.82 Å². The zero-order valence-electron chi connectivity index (χ0n) is 9.16. The summed E-state index contributed by atoms with van der Waals surface area (Å²) in [7, 11) is 0. The van der Waals surface area contributed by atoms with Crippen molar-refractivity contribution < 1.29 is 8.81 Å². The molecule has 0 saturated heterocycles. The molecule has 0 aliphatic rings. The topological polar surface area (TPSA) is 25.2 Å². The van der Waals surface area contributed by atoms with Gasteiger partial charge in [0.05, 0.1) is 6.54 Å². The lowest BCUT2D eigenvalue weighted by Crippen LogP contribution is -2.10. The van der Waals surface area contributed by atoms with Gasteiger partial charge in [-0.3, -0.25) is 0 Å². The Bertz CT molecular complexity index is 464. The van der Waals surface area contributed by atoms with Crippen LogP contribution in [0.1, 0.15) is 12.7 Å². The minimum absolute atomic E-state index is 0.248. The van der Waals surface area contributed by atoms with Gasteiger partial charge in [-0.05, 0) is 30.8 Å². The maximum atomic E-state index is 13.0. The quantitative estimate of drug-likeness (QED) is 0.854. The molecule has 1 aromatic carbocycles. The molecule has 0 radical (unpaired) electrons. The molecule has 84 valence electrons. The van der Waals surface area contributed by atoms with E-state index in [0.29, 0.717) is 12.3 Å². The molecule has 2 aromatic rings. The lowest BCUT2D eigenvalue weighted by atomic mass is 10.2. The molecule has 0 spiro atoms. The van der Waals surface area contributed by atoms with Crippen molar-refractivity contribution in [3.63, 3.8) is 0 Å². The average Bonchev–Trinajstić information content (AvgIpc) is 2.75. The van der Waals surface area contributed by atoms with E-state index in [2.05, 4.69) is 5.32 Å². The molecule has 1 N–H and O–H groups in total. The highest BCUT2D eigenvalue weighted by atomic mass is 19.1. The molecule has 2 nitrogen and oxygen atoms in total. The number of hydrogen-bond acceptors (Lipinski definition) is 2. The molecule has 2 rings (SSSR count). The first-order valence-corrected chi connectivity index (χ1v) is 5.35. The largest absolute Gasteiger partial charge is 0.460 e. The van der Waals surface area contributed by atoms with Crippen LogP contribution >= 0.6 is 0 Å². The predicted molar refractivity (Wildman–Crippen MR) is 61.5 cm³/mol. The maximum Gasteiger partial charge on any atom is 0.134 e. The van der Waals surface area contributed by atoms with E-state index in [1.807, 2.05) is 25.1 Å². The Balaban J connectivity index is 2.18. The average molecular weight is 219 g/mol. The van der Waals surface area contributed by atoms with Crippen molar-refractivity contribution >= 4 is 0 Å². The number of furan rings is 1. The van der Waals surface area contributed by atoms with E-state index < -0.39 is 0 Å². The predicted octanol–water partition coefficient (Wildman–Crippen LogP) is 3.20. The van der Waals surface area contributed by atoms with Crippen LogP contribution in [0.15, 0.2) is 40.8 Å². The molecular formula is C13H14FNO. The second-order valence-corrected chi connectivity index (χ2v) is 3.56. The Morgan fingerprint density at radius 1 is 1.25 bits per heavy atom. The SMILES string of the molecule is CCNCc1ccc(-c2cccc(F)c2)o1. The van der Waals surface area contributed by atoms with E-state index in [4.69, 9.17) is 4.42 Å². The molecule has 0 aliphatic carbocycles. The summed E-state index contributed by atoms with van der Waals surface area (Å²) < 4.78 is 18.6. The number of benzene rings is 1. The second kappa shape index (κ2) is 4.94. The first-order chi connectivity index (χ1) is 7.79. The Kier molecular flexibility index (Phi) is 3.37. The standard InChI is InChI=1S/C13H14FNO/c1-2-15-9-12-6-7-13(16-12)10-4-3-5-11(14)8-10/h3-8,15H,2,9H2,1H3. The summed E-state index contributed by atoms with van der Waals surface area (Å²) >= 11 is 0. The molecule has 0 unspecified atom stereocenters. The third-order valence-corrected chi connectivity index (χ3v) is 2.32. The monoisotopic (exact) mass is 219 g/mol. The lowest BCUT2D eigenvalue weighted by Gasteiger charge is -1.98. The molecule has 0 saturated carbocycles. The van der Waals surface area contributed by atoms with E-state index in [9.17, 15) is 4.39 Å². The first kappa shape index (κ1) is 10.9. The van der Waals surface area contributed by atoms with Crippen molar-refractivity contribution in [2.24, 2.45) is 0 Å². The van der Waals surface area contributed by atoms with E-state index in [1.54, 1.807) is 6.07 Å². The van der Waals surface area contributed by atoms with E-state index >= 15 is 0 Å². The van der Waals surface area contributed by atoms with Gasteiger partial charge in [0.15, 0.2) is 0 Å². The van der Waals surface area contributed by atoms with Crippen molar-refractivity contribution in [1.82, 2.24) is 5.32 Å². The maximum absolute atomic E-state index is 13.0. The van der Waals surface area contributed by atoms with Crippen LogP contribution in [0.3, 0.4) is 0 Å². The van der Waals surface area contributed by atoms with Crippen LogP contribution in [0.5, 0.6) is 0 Å². The van der Waals surface area contributed by atoms with Crippen molar-refractivity contribution in [3.8, 4) is 11.3 Å². The molecule has 0 fully saturated rings. The normalized spacial score (nSPS) is 10.6. The Morgan fingerprint density at radius 3 is 2.88 bits per heavy atom. The van der Waals surface area contributed by atoms with Gasteiger partial charge in [-0.1, -0.05) is 19.1 Å². The van der Waals surface area contributed by atoms with Crippen molar-refractivity contribution in [2.75, 3.05) is 6.54 Å². The third-order valence-electron chi connectivity index (χ3n) is 2.32. The van der Waals surface area contributed by atoms with Crippen molar-refractivity contribution in [1.29, 1.82) is 0 Å². The second-order valence-electron chi connectivity index (χ2n) is 3.56. The highest BCUT2D eigenvalue weighted by Gasteiger charge is 2.04. The van der Waals surface area contributed by atoms with Gasteiger partial charge in [0.25, 0.3) is 0 Å². The molecular weight excluding hydrogens is 205 g/mol. The van der Waals surface area contributed by atoms with E-state index in [0.717, 1.165) is 17.9 Å². The van der Waals surface area contributed by atoms with Gasteiger partial charge in [0, 0.05) is 5.56 Å². The molecule has 0 amide bonds. The van der Waals surface area contributed by atoms with Crippen LogP contribution in [0.4, 0.5) is 4.39 Å². The van der Waals surface area contributed by atoms with Crippen LogP contribution in [0.25, 0.3) is 11.3 Å². The summed E-state index contributed by atoms with van der Waals surface area (Å²) in [6.45, 7) is 3.64. The number of hydrogen-bond donors (Lipinski definition) is 1. The van der Waals surface area contributed by atoms with Crippen molar-refractivity contribution in [2.45, 2.75) is 13.5 Å². The van der Waals surface area contributed by atoms with Crippen LogP contribution in [-0.2, 0) is 6.54 Å². The fraction of sp³-hybridized carbons (Fsp3) is 0.231. The Labute approximate surface area is 94.1 Å². The number of rotatable bonds is 4. The zero-order valence-corrected chi connectivity index (χ0v) is 9.16. The summed E-state index contributed by atoms with van der Waals surface area (Å²) in [5.74, 6) is 1.32. The summed E-state index contributed by atoms with van der Waals surface area (Å²) in [6, 6.07) is 10.2. The highest BCUT2D eigenvalue weighted by molar-refractivity contribution is 5.57. The minimum Gasteiger partial charge on any atom is -0.460 e. The molecule has 3 heteroatoms. The highest BCUT2D eigenvalue weighted by Crippen LogP contribution is 2.22. The minimum atomic E-state index is -0.248. The van der Waals surface area contributed by atoms with Gasteiger partial charge < -0.3 is 9.73 Å². The lowest BCUT2D eigenvalue weighted by molar-refractivity contribution is 0.498. The van der Waals surface area contributed by atoms with Gasteiger partial charge >= 0.3 is 0 Å². The van der Waals surface area contributed by atoms with Gasteiger partial charge in [-0.2, -0.15) is 0 Å². The fourth-order valence-electron chi connectivity index (χ4n) is 1.52. The number of nitrogens with one attached hydrogen (secondary N) is 1. The Hall–Kier alpha value is -1.61. The fourth-order valence-corrected chi connectivity index (χ4v) is 1.52. The van der Waals surface area contributed by atoms with Crippen LogP contribution < -0.4 is 5.32 Å². The molecule has 0 bridgehead atoms. The smallest absolute Gasteiger partial charge is 0.134 e. The van der Waals surface area contributed by atoms with Gasteiger partial charge in [0.1, 0.15) is 17.3 Å². The molecule has 0 aliphatic heterocycles. The summed E-state index contributed by atoms with van der Waals surface area (Å²) in [6.07, 6.45) is 0. The zero-order chi connectivity index (χ0) is 11.4. The summed E-state index contributed by atoms with van der Waals surface area (Å²) in [4.78, 5) is 0. The molecule has 1 aromatic heterocycles. The van der Waals surface area contributed by atoms with Crippen LogP contribution in [0.2, 0.25) is 0 Å². The number of halogens is 1. The summed E-state index contributed by atoms with van der Waals surface area (Å²) in [5.41, 5.74) is 0.766. The van der Waals surface area contributed by atoms with Crippen LogP contribution in [0, 0.1) is 5.82 Å². The Morgan fingerprint density at radius 2 is 2.12 bits per heavy atom.